The summed E-state index contributed by atoms with van der Waals surface area (Å²) < 4.78 is 25.3. The van der Waals surface area contributed by atoms with Crippen LogP contribution in [0.2, 0.25) is 0 Å². The summed E-state index contributed by atoms with van der Waals surface area (Å²) in [6, 6.07) is -0.913. The van der Waals surface area contributed by atoms with Crippen LogP contribution in [0.1, 0.15) is 34.1 Å². The number of hydrogen-bond acceptors (Lipinski definition) is 4. The smallest absolute Gasteiger partial charge is 0.311 e. The Morgan fingerprint density at radius 1 is 1.33 bits per heavy atom. The van der Waals surface area contributed by atoms with Crippen LogP contribution in [0.3, 0.4) is 0 Å². The zero-order valence-electron chi connectivity index (χ0n) is 13.1. The van der Waals surface area contributed by atoms with Gasteiger partial charge in [0.2, 0.25) is 15.9 Å². The molecule has 1 aliphatic heterocycles. The van der Waals surface area contributed by atoms with Gasteiger partial charge >= 0.3 is 5.97 Å². The molecule has 1 aliphatic rings. The van der Waals surface area contributed by atoms with Gasteiger partial charge < -0.3 is 10.0 Å². The lowest BCUT2D eigenvalue weighted by Crippen LogP contribution is -2.54. The first-order chi connectivity index (χ1) is 9.26. The van der Waals surface area contributed by atoms with E-state index in [9.17, 15) is 23.1 Å². The Hall–Kier alpha value is -1.15. The van der Waals surface area contributed by atoms with E-state index < -0.39 is 32.9 Å². The molecule has 7 nitrogen and oxygen atoms in total. The zero-order valence-corrected chi connectivity index (χ0v) is 14.0. The molecular formula is C13H24N2O5S. The molecule has 1 rings (SSSR count). The van der Waals surface area contributed by atoms with Crippen molar-refractivity contribution in [2.45, 2.75) is 40.2 Å². The van der Waals surface area contributed by atoms with Crippen molar-refractivity contribution in [3.63, 3.8) is 0 Å². The number of carboxylic acids is 1. The monoisotopic (exact) mass is 320 g/mol. The van der Waals surface area contributed by atoms with Crippen molar-refractivity contribution in [3.8, 4) is 0 Å². The van der Waals surface area contributed by atoms with Gasteiger partial charge in [0.25, 0.3) is 0 Å². The van der Waals surface area contributed by atoms with Crippen LogP contribution in [0.5, 0.6) is 0 Å². The van der Waals surface area contributed by atoms with Gasteiger partial charge in [-0.3, -0.25) is 9.59 Å². The number of carbonyl (C=O) groups excluding carboxylic acids is 1. The summed E-state index contributed by atoms with van der Waals surface area (Å²) in [4.78, 5) is 25.3. The molecule has 0 aromatic carbocycles. The van der Waals surface area contributed by atoms with Crippen molar-refractivity contribution in [1.82, 2.24) is 9.62 Å². The van der Waals surface area contributed by atoms with E-state index in [1.807, 2.05) is 0 Å². The van der Waals surface area contributed by atoms with Crippen LogP contribution in [0.4, 0.5) is 0 Å². The molecule has 1 fully saturated rings. The minimum absolute atomic E-state index is 0.0964. The topological polar surface area (TPSA) is 104 Å². The molecule has 2 unspecified atom stereocenters. The summed E-state index contributed by atoms with van der Waals surface area (Å²) in [7, 11) is -3.54. The number of nitrogens with zero attached hydrogens (tertiary/aromatic N) is 1. The summed E-state index contributed by atoms with van der Waals surface area (Å²) in [5.74, 6) is -1.32. The number of nitrogens with one attached hydrogen (secondary N) is 1. The average Bonchev–Trinajstić information content (AvgIpc) is 2.67. The van der Waals surface area contributed by atoms with Gasteiger partial charge in [-0.1, -0.05) is 20.8 Å². The van der Waals surface area contributed by atoms with Crippen molar-refractivity contribution < 1.29 is 23.1 Å². The highest BCUT2D eigenvalue weighted by molar-refractivity contribution is 7.88. The van der Waals surface area contributed by atoms with Gasteiger partial charge in [-0.15, -0.1) is 0 Å². The highest BCUT2D eigenvalue weighted by Gasteiger charge is 2.45. The molecular weight excluding hydrogens is 296 g/mol. The van der Waals surface area contributed by atoms with E-state index in [-0.39, 0.29) is 12.5 Å². The van der Waals surface area contributed by atoms with Crippen LogP contribution in [-0.4, -0.2) is 55.7 Å². The Morgan fingerprint density at radius 3 is 2.19 bits per heavy atom. The number of sulfonamides is 1. The third-order valence-corrected chi connectivity index (χ3v) is 4.41. The number of amides is 1. The van der Waals surface area contributed by atoms with Crippen LogP contribution in [0.15, 0.2) is 0 Å². The quantitative estimate of drug-likeness (QED) is 0.774. The fourth-order valence-electron chi connectivity index (χ4n) is 2.32. The Bertz CT molecular complexity index is 537. The van der Waals surface area contributed by atoms with Crippen LogP contribution in [0, 0.1) is 10.8 Å². The summed E-state index contributed by atoms with van der Waals surface area (Å²) in [5, 5.41) is 9.21. The minimum Gasteiger partial charge on any atom is -0.481 e. The Morgan fingerprint density at radius 2 is 1.86 bits per heavy atom. The first kappa shape index (κ1) is 17.9. The molecule has 0 saturated carbocycles. The van der Waals surface area contributed by atoms with Gasteiger partial charge in [-0.25, -0.2) is 13.1 Å². The van der Waals surface area contributed by atoms with Crippen molar-refractivity contribution in [2.75, 3.05) is 19.3 Å². The van der Waals surface area contributed by atoms with Crippen molar-refractivity contribution >= 4 is 21.9 Å². The Labute approximate surface area is 125 Å². The van der Waals surface area contributed by atoms with Gasteiger partial charge in [0, 0.05) is 13.1 Å². The lowest BCUT2D eigenvalue weighted by Gasteiger charge is -2.33. The number of carbonyl (C=O) groups is 2. The van der Waals surface area contributed by atoms with Crippen LogP contribution >= 0.6 is 0 Å². The molecule has 0 bridgehead atoms. The molecule has 0 radical (unpaired) electrons. The van der Waals surface area contributed by atoms with E-state index in [4.69, 9.17) is 0 Å². The molecule has 122 valence electrons. The van der Waals surface area contributed by atoms with E-state index in [0.717, 1.165) is 6.26 Å². The molecule has 0 aromatic heterocycles. The van der Waals surface area contributed by atoms with E-state index >= 15 is 0 Å². The zero-order chi connectivity index (χ0) is 16.6. The van der Waals surface area contributed by atoms with Gasteiger partial charge in [0.05, 0.1) is 11.7 Å². The fourth-order valence-corrected chi connectivity index (χ4v) is 3.20. The summed E-state index contributed by atoms with van der Waals surface area (Å²) in [5.41, 5.74) is -1.58. The molecule has 2 N–H and O–H groups in total. The number of carboxylic acid groups (broad SMARTS) is 1. The Kier molecular flexibility index (Phi) is 4.74. The van der Waals surface area contributed by atoms with Crippen molar-refractivity contribution in [3.05, 3.63) is 0 Å². The molecule has 1 saturated heterocycles. The SMILES string of the molecule is CC1(C(=O)O)CCN(C(=O)C(NS(C)(=O)=O)C(C)(C)C)C1. The first-order valence-electron chi connectivity index (χ1n) is 6.76. The molecule has 8 heteroatoms. The van der Waals surface area contributed by atoms with Crippen LogP contribution < -0.4 is 4.72 Å². The number of hydrogen-bond donors (Lipinski definition) is 2. The second kappa shape index (κ2) is 5.57. The average molecular weight is 320 g/mol. The number of rotatable bonds is 4. The lowest BCUT2D eigenvalue weighted by atomic mass is 9.86. The maximum atomic E-state index is 12.6. The van der Waals surface area contributed by atoms with Gasteiger partial charge in [-0.2, -0.15) is 0 Å². The van der Waals surface area contributed by atoms with Gasteiger partial charge in [-0.05, 0) is 18.8 Å². The number of aliphatic carboxylic acids is 1. The predicted octanol–water partition coefficient (Wildman–Crippen LogP) is 0.274. The molecule has 2 atom stereocenters. The fraction of sp³-hybridized carbons (Fsp3) is 0.846. The summed E-state index contributed by atoms with van der Waals surface area (Å²) in [6.45, 7) is 7.30. The highest BCUT2D eigenvalue weighted by atomic mass is 32.2. The standard InChI is InChI=1S/C13H24N2O5S/c1-12(2,3)9(14-21(5,19)20)10(16)15-7-6-13(4,8-15)11(17)18/h9,14H,6-8H2,1-5H3,(H,17,18). The molecule has 0 spiro atoms. The molecule has 0 aliphatic carbocycles. The molecule has 0 aromatic rings. The summed E-state index contributed by atoms with van der Waals surface area (Å²) in [6.07, 6.45) is 1.37. The molecule has 1 amide bonds. The maximum absolute atomic E-state index is 12.6. The van der Waals surface area contributed by atoms with Crippen molar-refractivity contribution in [2.24, 2.45) is 10.8 Å². The second-order valence-electron chi connectivity index (χ2n) is 7.06. The van der Waals surface area contributed by atoms with E-state index in [1.54, 1.807) is 27.7 Å². The van der Waals surface area contributed by atoms with Crippen LogP contribution in [0.25, 0.3) is 0 Å². The first-order valence-corrected chi connectivity index (χ1v) is 8.65. The third kappa shape index (κ3) is 4.41. The minimum atomic E-state index is -3.54. The molecule has 1 heterocycles. The lowest BCUT2D eigenvalue weighted by molar-refractivity contribution is -0.147. The largest absolute Gasteiger partial charge is 0.481 e. The number of likely N-dealkylation sites (tertiary alicyclic amines) is 1. The second-order valence-corrected chi connectivity index (χ2v) is 8.84. The van der Waals surface area contributed by atoms with Crippen LogP contribution in [-0.2, 0) is 19.6 Å². The van der Waals surface area contributed by atoms with E-state index in [2.05, 4.69) is 4.72 Å². The van der Waals surface area contributed by atoms with E-state index in [0.29, 0.717) is 13.0 Å². The third-order valence-electron chi connectivity index (χ3n) is 3.75. The molecule has 21 heavy (non-hydrogen) atoms. The maximum Gasteiger partial charge on any atom is 0.311 e. The van der Waals surface area contributed by atoms with E-state index in [1.165, 1.54) is 4.90 Å². The predicted molar refractivity (Wildman–Crippen MR) is 78.2 cm³/mol. The van der Waals surface area contributed by atoms with Gasteiger partial charge in [0.1, 0.15) is 6.04 Å². The Balaban J connectivity index is 2.96. The van der Waals surface area contributed by atoms with Gasteiger partial charge in [0.15, 0.2) is 0 Å². The summed E-state index contributed by atoms with van der Waals surface area (Å²) >= 11 is 0. The highest BCUT2D eigenvalue weighted by Crippen LogP contribution is 2.32. The van der Waals surface area contributed by atoms with Crippen molar-refractivity contribution in [1.29, 1.82) is 0 Å². The normalized spacial score (nSPS) is 24.9.